The maximum atomic E-state index is 13.7. The summed E-state index contributed by atoms with van der Waals surface area (Å²) in [6, 6.07) is 2.12. The second kappa shape index (κ2) is 6.68. The van der Waals surface area contributed by atoms with Crippen molar-refractivity contribution in [3.8, 4) is 0 Å². The molecule has 1 aromatic carbocycles. The van der Waals surface area contributed by atoms with E-state index in [2.05, 4.69) is 5.32 Å². The minimum Gasteiger partial charge on any atom is -0.383 e. The molecule has 112 valence electrons. The van der Waals surface area contributed by atoms with E-state index in [9.17, 15) is 13.6 Å². The molecule has 0 saturated carbocycles. The molecule has 1 aromatic rings. The second-order valence-corrected chi connectivity index (χ2v) is 5.51. The molecule has 0 radical (unpaired) electrons. The number of carbonyl (C=O) groups is 1. The van der Waals surface area contributed by atoms with Gasteiger partial charge in [-0.15, -0.1) is 0 Å². The lowest BCUT2D eigenvalue weighted by Crippen LogP contribution is -2.39. The van der Waals surface area contributed by atoms with Gasteiger partial charge in [-0.3, -0.25) is 4.79 Å². The molecular weight excluding hydrogens is 262 g/mol. The zero-order valence-corrected chi connectivity index (χ0v) is 12.6. The van der Waals surface area contributed by atoms with E-state index in [4.69, 9.17) is 0 Å². The minimum absolute atomic E-state index is 0.0278. The highest BCUT2D eigenvalue weighted by atomic mass is 19.1. The number of halogens is 2. The number of rotatable bonds is 5. The van der Waals surface area contributed by atoms with Crippen molar-refractivity contribution in [1.29, 1.82) is 0 Å². The molecule has 0 bridgehead atoms. The Balaban J connectivity index is 3.12. The molecule has 0 fully saturated rings. The Kier molecular flexibility index (Phi) is 5.48. The van der Waals surface area contributed by atoms with E-state index in [1.165, 1.54) is 7.05 Å². The van der Waals surface area contributed by atoms with Crippen LogP contribution in [0.5, 0.6) is 0 Å². The molecule has 0 atom stereocenters. The van der Waals surface area contributed by atoms with Gasteiger partial charge in [0, 0.05) is 25.2 Å². The Morgan fingerprint density at radius 3 is 2.05 bits per heavy atom. The van der Waals surface area contributed by atoms with E-state index in [0.717, 1.165) is 12.1 Å². The Morgan fingerprint density at radius 2 is 1.70 bits per heavy atom. The molecule has 1 rings (SSSR count). The van der Waals surface area contributed by atoms with Gasteiger partial charge in [0.1, 0.15) is 17.3 Å². The van der Waals surface area contributed by atoms with Crippen LogP contribution in [0.2, 0.25) is 0 Å². The monoisotopic (exact) mass is 284 g/mol. The summed E-state index contributed by atoms with van der Waals surface area (Å²) >= 11 is 0. The van der Waals surface area contributed by atoms with Gasteiger partial charge in [0.15, 0.2) is 0 Å². The van der Waals surface area contributed by atoms with Gasteiger partial charge in [0.25, 0.3) is 5.91 Å². The SMILES string of the molecule is CNc1c(F)cc(C(=O)N(CC(C)C)C(C)C)cc1F. The zero-order chi connectivity index (χ0) is 15.4. The maximum Gasteiger partial charge on any atom is 0.254 e. The number of nitrogens with zero attached hydrogens (tertiary/aromatic N) is 1. The van der Waals surface area contributed by atoms with Crippen LogP contribution in [0.15, 0.2) is 12.1 Å². The van der Waals surface area contributed by atoms with Crippen molar-refractivity contribution in [2.75, 3.05) is 18.9 Å². The summed E-state index contributed by atoms with van der Waals surface area (Å²) in [5.41, 5.74) is -0.185. The zero-order valence-electron chi connectivity index (χ0n) is 12.6. The molecule has 0 aliphatic rings. The number of anilines is 1. The summed E-state index contributed by atoms with van der Waals surface area (Å²) in [6.07, 6.45) is 0. The van der Waals surface area contributed by atoms with Crippen molar-refractivity contribution in [3.05, 3.63) is 29.3 Å². The van der Waals surface area contributed by atoms with Gasteiger partial charge in [0.2, 0.25) is 0 Å². The molecule has 20 heavy (non-hydrogen) atoms. The van der Waals surface area contributed by atoms with E-state index in [1.807, 2.05) is 27.7 Å². The van der Waals surface area contributed by atoms with Gasteiger partial charge >= 0.3 is 0 Å². The first-order valence-electron chi connectivity index (χ1n) is 6.75. The van der Waals surface area contributed by atoms with Gasteiger partial charge in [-0.1, -0.05) is 13.8 Å². The van der Waals surface area contributed by atoms with E-state index in [-0.39, 0.29) is 29.1 Å². The van der Waals surface area contributed by atoms with Gasteiger partial charge in [-0.25, -0.2) is 8.78 Å². The summed E-state index contributed by atoms with van der Waals surface area (Å²) in [5, 5.41) is 2.44. The standard InChI is InChI=1S/C15H22F2N2O/c1-9(2)8-19(10(3)4)15(20)11-6-12(16)14(18-5)13(17)7-11/h6-7,9-10,18H,8H2,1-5H3. The fourth-order valence-electron chi connectivity index (χ4n) is 2.02. The number of carbonyl (C=O) groups excluding carboxylic acids is 1. The number of benzene rings is 1. The quantitative estimate of drug-likeness (QED) is 0.897. The van der Waals surface area contributed by atoms with Crippen LogP contribution in [0, 0.1) is 17.6 Å². The molecule has 0 aliphatic heterocycles. The van der Waals surface area contributed by atoms with Gasteiger partial charge in [-0.2, -0.15) is 0 Å². The highest BCUT2D eigenvalue weighted by Crippen LogP contribution is 2.22. The van der Waals surface area contributed by atoms with Crippen molar-refractivity contribution in [2.45, 2.75) is 33.7 Å². The van der Waals surface area contributed by atoms with Crippen molar-refractivity contribution >= 4 is 11.6 Å². The molecule has 0 unspecified atom stereocenters. The summed E-state index contributed by atoms with van der Waals surface area (Å²) in [6.45, 7) is 8.30. The summed E-state index contributed by atoms with van der Waals surface area (Å²) in [4.78, 5) is 14.0. The first-order chi connectivity index (χ1) is 9.27. The highest BCUT2D eigenvalue weighted by molar-refractivity contribution is 5.94. The number of amides is 1. The lowest BCUT2D eigenvalue weighted by atomic mass is 10.1. The Labute approximate surface area is 119 Å². The average molecular weight is 284 g/mol. The Morgan fingerprint density at radius 1 is 1.20 bits per heavy atom. The smallest absolute Gasteiger partial charge is 0.254 e. The molecule has 3 nitrogen and oxygen atoms in total. The number of hydrogen-bond acceptors (Lipinski definition) is 2. The van der Waals surface area contributed by atoms with Crippen LogP contribution < -0.4 is 5.32 Å². The number of hydrogen-bond donors (Lipinski definition) is 1. The molecule has 5 heteroatoms. The first kappa shape index (κ1) is 16.4. The van der Waals surface area contributed by atoms with Crippen molar-refractivity contribution in [2.24, 2.45) is 5.92 Å². The molecule has 0 aliphatic carbocycles. The van der Waals surface area contributed by atoms with Crippen LogP contribution in [0.3, 0.4) is 0 Å². The summed E-state index contributed by atoms with van der Waals surface area (Å²) in [5.74, 6) is -1.59. The minimum atomic E-state index is -0.760. The van der Waals surface area contributed by atoms with Gasteiger partial charge in [0.05, 0.1) is 0 Å². The third kappa shape index (κ3) is 3.68. The van der Waals surface area contributed by atoms with Crippen LogP contribution in [-0.4, -0.2) is 30.4 Å². The lowest BCUT2D eigenvalue weighted by molar-refractivity contribution is 0.0681. The average Bonchev–Trinajstić information content (AvgIpc) is 2.34. The molecule has 1 N–H and O–H groups in total. The molecular formula is C15H22F2N2O. The Bertz CT molecular complexity index is 464. The van der Waals surface area contributed by atoms with E-state index in [1.54, 1.807) is 4.90 Å². The summed E-state index contributed by atoms with van der Waals surface area (Å²) < 4.78 is 27.5. The molecule has 0 aromatic heterocycles. The molecule has 0 saturated heterocycles. The van der Waals surface area contributed by atoms with Crippen LogP contribution >= 0.6 is 0 Å². The third-order valence-electron chi connectivity index (χ3n) is 2.99. The van der Waals surface area contributed by atoms with Crippen LogP contribution in [-0.2, 0) is 0 Å². The van der Waals surface area contributed by atoms with Gasteiger partial charge in [-0.05, 0) is 31.9 Å². The lowest BCUT2D eigenvalue weighted by Gasteiger charge is -2.28. The van der Waals surface area contributed by atoms with E-state index < -0.39 is 11.6 Å². The highest BCUT2D eigenvalue weighted by Gasteiger charge is 2.22. The Hall–Kier alpha value is -1.65. The molecule has 1 amide bonds. The van der Waals surface area contributed by atoms with Crippen LogP contribution in [0.1, 0.15) is 38.1 Å². The van der Waals surface area contributed by atoms with Crippen LogP contribution in [0.4, 0.5) is 14.5 Å². The predicted octanol–water partition coefficient (Wildman–Crippen LogP) is 3.51. The molecule has 0 heterocycles. The summed E-state index contributed by atoms with van der Waals surface area (Å²) in [7, 11) is 1.43. The van der Waals surface area contributed by atoms with E-state index >= 15 is 0 Å². The second-order valence-electron chi connectivity index (χ2n) is 5.51. The first-order valence-corrected chi connectivity index (χ1v) is 6.75. The maximum absolute atomic E-state index is 13.7. The third-order valence-corrected chi connectivity index (χ3v) is 2.99. The van der Waals surface area contributed by atoms with Crippen molar-refractivity contribution in [1.82, 2.24) is 4.90 Å². The fourth-order valence-corrected chi connectivity index (χ4v) is 2.02. The topological polar surface area (TPSA) is 32.3 Å². The van der Waals surface area contributed by atoms with Crippen molar-refractivity contribution < 1.29 is 13.6 Å². The largest absolute Gasteiger partial charge is 0.383 e. The predicted molar refractivity (Wildman–Crippen MR) is 76.9 cm³/mol. The number of nitrogens with one attached hydrogen (secondary N) is 1. The molecule has 0 spiro atoms. The normalized spacial score (nSPS) is 11.1. The van der Waals surface area contributed by atoms with E-state index in [0.29, 0.717) is 6.54 Å². The van der Waals surface area contributed by atoms with Crippen LogP contribution in [0.25, 0.3) is 0 Å². The fraction of sp³-hybridized carbons (Fsp3) is 0.533. The van der Waals surface area contributed by atoms with Crippen molar-refractivity contribution in [3.63, 3.8) is 0 Å². The van der Waals surface area contributed by atoms with Gasteiger partial charge < -0.3 is 10.2 Å².